The third kappa shape index (κ3) is 6.34. The molecule has 0 saturated carbocycles. The summed E-state index contributed by atoms with van der Waals surface area (Å²) in [5.41, 5.74) is 8.81. The van der Waals surface area contributed by atoms with Crippen molar-refractivity contribution in [3.63, 3.8) is 0 Å². The quantitative estimate of drug-likeness (QED) is 0.766. The summed E-state index contributed by atoms with van der Waals surface area (Å²) in [5, 5.41) is 4.78. The Balaban J connectivity index is 1.70. The van der Waals surface area contributed by atoms with Gasteiger partial charge in [-0.25, -0.2) is 0 Å². The summed E-state index contributed by atoms with van der Waals surface area (Å²) < 4.78 is 0. The minimum Gasteiger partial charge on any atom is -0.402 e. The second kappa shape index (κ2) is 9.63. The van der Waals surface area contributed by atoms with Gasteiger partial charge in [-0.05, 0) is 16.5 Å². The first-order valence-corrected chi connectivity index (χ1v) is 8.69. The molecule has 0 fully saturated rings. The van der Waals surface area contributed by atoms with Crippen molar-refractivity contribution in [1.29, 1.82) is 0 Å². The molecule has 3 N–H and O–H groups in total. The maximum Gasteiger partial charge on any atom is 0.224 e. The van der Waals surface area contributed by atoms with Crippen LogP contribution in [0.1, 0.15) is 17.5 Å². The Labute approximate surface area is 147 Å². The van der Waals surface area contributed by atoms with Crippen molar-refractivity contribution in [1.82, 2.24) is 5.32 Å². The molecular weight excluding hydrogens is 316 g/mol. The van der Waals surface area contributed by atoms with Crippen LogP contribution >= 0.6 is 11.8 Å². The van der Waals surface area contributed by atoms with Gasteiger partial charge in [0.15, 0.2) is 0 Å². The summed E-state index contributed by atoms with van der Waals surface area (Å²) in [6.07, 6.45) is 1.01. The van der Waals surface area contributed by atoms with E-state index in [0.29, 0.717) is 19.4 Å². The lowest BCUT2D eigenvalue weighted by Crippen LogP contribution is -2.26. The molecule has 0 radical (unpaired) electrons. The summed E-state index contributed by atoms with van der Waals surface area (Å²) >= 11 is 1.50. The molecular formula is C20H22N2OS. The van der Waals surface area contributed by atoms with Gasteiger partial charge in [0.1, 0.15) is 0 Å². The number of hydrogen-bond donors (Lipinski definition) is 2. The highest BCUT2D eigenvalue weighted by Crippen LogP contribution is 2.26. The maximum absolute atomic E-state index is 11.9. The zero-order valence-corrected chi connectivity index (χ0v) is 14.4. The summed E-state index contributed by atoms with van der Waals surface area (Å²) in [7, 11) is 0. The van der Waals surface area contributed by atoms with Crippen LogP contribution in [0.5, 0.6) is 0 Å². The number of amides is 1. The van der Waals surface area contributed by atoms with Crippen LogP contribution in [0.25, 0.3) is 4.91 Å². The predicted octanol–water partition coefficient (Wildman–Crippen LogP) is 3.94. The van der Waals surface area contributed by atoms with E-state index in [1.807, 2.05) is 66.1 Å². The molecule has 24 heavy (non-hydrogen) atoms. The summed E-state index contributed by atoms with van der Waals surface area (Å²) in [5.74, 6) is 0.00958. The molecule has 0 aromatic heterocycles. The topological polar surface area (TPSA) is 55.1 Å². The molecule has 3 nitrogen and oxygen atoms in total. The first-order valence-electron chi connectivity index (χ1n) is 7.81. The van der Waals surface area contributed by atoms with E-state index in [-0.39, 0.29) is 5.91 Å². The molecule has 0 aliphatic heterocycles. The minimum absolute atomic E-state index is 0.00958. The van der Waals surface area contributed by atoms with Crippen LogP contribution in [0.15, 0.2) is 78.3 Å². The smallest absolute Gasteiger partial charge is 0.224 e. The first kappa shape index (κ1) is 17.9. The van der Waals surface area contributed by atoms with E-state index in [1.165, 1.54) is 11.8 Å². The number of thioether (sulfide) groups is 1. The van der Waals surface area contributed by atoms with Gasteiger partial charge in [0.05, 0.1) is 6.42 Å². The highest BCUT2D eigenvalue weighted by molar-refractivity contribution is 8.10. The second-order valence-electron chi connectivity index (χ2n) is 5.36. The van der Waals surface area contributed by atoms with Gasteiger partial charge in [0, 0.05) is 23.6 Å². The van der Waals surface area contributed by atoms with E-state index >= 15 is 0 Å². The average molecular weight is 338 g/mol. The fraction of sp³-hybridized carbons (Fsp3) is 0.150. The van der Waals surface area contributed by atoms with Crippen LogP contribution in [-0.2, 0) is 11.2 Å². The number of nitrogens with two attached hydrogens (primary N) is 1. The summed E-state index contributed by atoms with van der Waals surface area (Å²) in [6.45, 7) is 4.58. The molecule has 2 rings (SSSR count). The Morgan fingerprint density at radius 1 is 1.08 bits per heavy atom. The van der Waals surface area contributed by atoms with Crippen LogP contribution in [0.4, 0.5) is 0 Å². The van der Waals surface area contributed by atoms with Crippen molar-refractivity contribution in [2.45, 2.75) is 12.8 Å². The largest absolute Gasteiger partial charge is 0.402 e. The van der Waals surface area contributed by atoms with Crippen molar-refractivity contribution < 1.29 is 4.79 Å². The van der Waals surface area contributed by atoms with Crippen molar-refractivity contribution >= 4 is 22.6 Å². The van der Waals surface area contributed by atoms with Gasteiger partial charge >= 0.3 is 0 Å². The summed E-state index contributed by atoms with van der Waals surface area (Å²) in [4.78, 5) is 12.8. The fourth-order valence-corrected chi connectivity index (χ4v) is 2.77. The van der Waals surface area contributed by atoms with Gasteiger partial charge in [0.25, 0.3) is 0 Å². The normalized spacial score (nSPS) is 11.1. The Hall–Kier alpha value is -2.46. The molecule has 0 saturated heterocycles. The van der Waals surface area contributed by atoms with Gasteiger partial charge in [-0.15, -0.1) is 0 Å². The van der Waals surface area contributed by atoms with Gasteiger partial charge in [0.2, 0.25) is 5.91 Å². The molecule has 0 aliphatic carbocycles. The van der Waals surface area contributed by atoms with E-state index in [0.717, 1.165) is 21.7 Å². The maximum atomic E-state index is 11.9. The Bertz CT molecular complexity index is 696. The molecule has 0 spiro atoms. The summed E-state index contributed by atoms with van der Waals surface area (Å²) in [6, 6.07) is 19.7. The van der Waals surface area contributed by atoms with Crippen LogP contribution in [-0.4, -0.2) is 12.5 Å². The van der Waals surface area contributed by atoms with E-state index in [9.17, 15) is 4.79 Å². The zero-order valence-electron chi connectivity index (χ0n) is 13.6. The van der Waals surface area contributed by atoms with Crippen molar-refractivity contribution in [3.8, 4) is 0 Å². The van der Waals surface area contributed by atoms with Crippen LogP contribution < -0.4 is 11.1 Å². The van der Waals surface area contributed by atoms with Crippen molar-refractivity contribution in [2.75, 3.05) is 6.54 Å². The Morgan fingerprint density at radius 3 is 2.38 bits per heavy atom. The number of rotatable bonds is 8. The third-order valence-corrected chi connectivity index (χ3v) is 4.33. The van der Waals surface area contributed by atoms with Gasteiger partial charge < -0.3 is 11.1 Å². The lowest BCUT2D eigenvalue weighted by Gasteiger charge is -2.06. The minimum atomic E-state index is 0.00958. The van der Waals surface area contributed by atoms with E-state index in [2.05, 4.69) is 11.9 Å². The van der Waals surface area contributed by atoms with E-state index in [1.54, 1.807) is 0 Å². The monoisotopic (exact) mass is 338 g/mol. The highest BCUT2D eigenvalue weighted by Gasteiger charge is 2.03. The molecule has 4 heteroatoms. The lowest BCUT2D eigenvalue weighted by atomic mass is 10.1. The molecule has 0 atom stereocenters. The third-order valence-electron chi connectivity index (χ3n) is 3.39. The fourth-order valence-electron chi connectivity index (χ4n) is 2.09. The molecule has 124 valence electrons. The average Bonchev–Trinajstić information content (AvgIpc) is 2.61. The number of hydrogen-bond acceptors (Lipinski definition) is 3. The first-order chi connectivity index (χ1) is 11.6. The van der Waals surface area contributed by atoms with E-state index in [4.69, 9.17) is 5.73 Å². The standard InChI is InChI=1S/C20H22N2OS/c1-16(18-10-6-3-7-11-18)24-15-19(21)12-13-22-20(23)14-17-8-4-2-5-9-17/h2-11,15H,1,12-14,21H2,(H,22,23)/b19-15-. The van der Waals surface area contributed by atoms with Crippen LogP contribution in [0, 0.1) is 0 Å². The van der Waals surface area contributed by atoms with Crippen molar-refractivity contribution in [3.05, 3.63) is 89.5 Å². The molecule has 2 aromatic carbocycles. The number of nitrogens with one attached hydrogen (secondary N) is 1. The number of benzene rings is 2. The zero-order chi connectivity index (χ0) is 17.2. The second-order valence-corrected chi connectivity index (χ2v) is 6.33. The number of carbonyl (C=O) groups is 1. The van der Waals surface area contributed by atoms with Crippen molar-refractivity contribution in [2.24, 2.45) is 5.73 Å². The predicted molar refractivity (Wildman–Crippen MR) is 103 cm³/mol. The molecule has 0 heterocycles. The lowest BCUT2D eigenvalue weighted by molar-refractivity contribution is -0.120. The van der Waals surface area contributed by atoms with E-state index < -0.39 is 0 Å². The molecule has 0 unspecified atom stereocenters. The molecule has 0 aliphatic rings. The molecule has 0 bridgehead atoms. The number of carbonyl (C=O) groups excluding carboxylic acids is 1. The Kier molecular flexibility index (Phi) is 7.18. The van der Waals surface area contributed by atoms with Crippen LogP contribution in [0.3, 0.4) is 0 Å². The van der Waals surface area contributed by atoms with Gasteiger partial charge in [-0.1, -0.05) is 79.0 Å². The highest BCUT2D eigenvalue weighted by atomic mass is 32.2. The van der Waals surface area contributed by atoms with Gasteiger partial charge in [-0.2, -0.15) is 0 Å². The van der Waals surface area contributed by atoms with Crippen LogP contribution in [0.2, 0.25) is 0 Å². The van der Waals surface area contributed by atoms with Gasteiger partial charge in [-0.3, -0.25) is 4.79 Å². The molecule has 2 aromatic rings. The molecule has 1 amide bonds. The SMILES string of the molecule is C=C(S/C=C(\N)CCNC(=O)Cc1ccccc1)c1ccccc1. The Morgan fingerprint density at radius 2 is 1.71 bits per heavy atom.